The lowest BCUT2D eigenvalue weighted by molar-refractivity contribution is -0.124. The van der Waals surface area contributed by atoms with Gasteiger partial charge in [0.05, 0.1) is 17.7 Å². The van der Waals surface area contributed by atoms with Crippen LogP contribution < -0.4 is 10.1 Å². The normalized spacial score (nSPS) is 11.8. The van der Waals surface area contributed by atoms with E-state index in [1.54, 1.807) is 12.1 Å². The predicted octanol–water partition coefficient (Wildman–Crippen LogP) is 3.02. The molecule has 0 spiro atoms. The van der Waals surface area contributed by atoms with E-state index in [1.165, 1.54) is 12.1 Å². The Labute approximate surface area is 138 Å². The second-order valence-electron chi connectivity index (χ2n) is 5.08. The van der Waals surface area contributed by atoms with E-state index in [2.05, 4.69) is 5.32 Å². The number of hydrogen-bond acceptors (Lipinski definition) is 3. The quantitative estimate of drug-likeness (QED) is 0.852. The number of benzene rings is 2. The molecule has 122 valence electrons. The fraction of sp³-hybridized carbons (Fsp3) is 0.235. The van der Waals surface area contributed by atoms with Crippen molar-refractivity contribution < 1.29 is 19.0 Å². The van der Waals surface area contributed by atoms with Gasteiger partial charge in [-0.15, -0.1) is 0 Å². The van der Waals surface area contributed by atoms with Crippen LogP contribution in [0.4, 0.5) is 4.39 Å². The molecular weight excluding hydrogens is 321 g/mol. The zero-order valence-corrected chi connectivity index (χ0v) is 13.3. The summed E-state index contributed by atoms with van der Waals surface area (Å²) in [6.07, 6.45) is 0. The van der Waals surface area contributed by atoms with Crippen molar-refractivity contribution in [1.29, 1.82) is 0 Å². The molecule has 23 heavy (non-hydrogen) atoms. The number of ether oxygens (including phenoxy) is 1. The number of aliphatic hydroxyl groups excluding tert-OH is 1. The lowest BCUT2D eigenvalue weighted by Crippen LogP contribution is -2.34. The maximum Gasteiger partial charge on any atom is 0.258 e. The molecule has 0 fully saturated rings. The predicted molar refractivity (Wildman–Crippen MR) is 86.1 cm³/mol. The van der Waals surface area contributed by atoms with Gasteiger partial charge in [0.1, 0.15) is 11.6 Å². The smallest absolute Gasteiger partial charge is 0.258 e. The van der Waals surface area contributed by atoms with Crippen LogP contribution in [0.25, 0.3) is 0 Å². The Morgan fingerprint density at radius 3 is 2.78 bits per heavy atom. The van der Waals surface area contributed by atoms with Gasteiger partial charge < -0.3 is 15.2 Å². The van der Waals surface area contributed by atoms with Crippen LogP contribution in [0, 0.1) is 12.7 Å². The molecule has 1 atom stereocenters. The summed E-state index contributed by atoms with van der Waals surface area (Å²) in [5.74, 6) is -0.438. The van der Waals surface area contributed by atoms with Gasteiger partial charge in [0.25, 0.3) is 5.91 Å². The molecule has 1 unspecified atom stereocenters. The molecule has 0 aliphatic carbocycles. The molecule has 6 heteroatoms. The average Bonchev–Trinajstić information content (AvgIpc) is 2.53. The Hall–Kier alpha value is -2.11. The third-order valence-corrected chi connectivity index (χ3v) is 3.53. The van der Waals surface area contributed by atoms with E-state index >= 15 is 0 Å². The first-order chi connectivity index (χ1) is 11.0. The second kappa shape index (κ2) is 7.94. The number of halogens is 2. The van der Waals surface area contributed by atoms with Crippen molar-refractivity contribution in [3.8, 4) is 5.75 Å². The highest BCUT2D eigenvalue weighted by Crippen LogP contribution is 2.20. The van der Waals surface area contributed by atoms with Crippen LogP contribution in [0.3, 0.4) is 0 Å². The summed E-state index contributed by atoms with van der Waals surface area (Å²) >= 11 is 5.62. The van der Waals surface area contributed by atoms with Gasteiger partial charge in [0.2, 0.25) is 0 Å². The fourth-order valence-electron chi connectivity index (χ4n) is 2.05. The first-order valence-corrected chi connectivity index (χ1v) is 7.42. The van der Waals surface area contributed by atoms with Gasteiger partial charge in [-0.3, -0.25) is 4.79 Å². The maximum atomic E-state index is 13.5. The molecule has 0 saturated heterocycles. The Morgan fingerprint density at radius 1 is 1.35 bits per heavy atom. The first-order valence-electron chi connectivity index (χ1n) is 7.04. The third-order valence-electron chi connectivity index (χ3n) is 3.22. The van der Waals surface area contributed by atoms with Crippen LogP contribution in [-0.2, 0) is 4.79 Å². The highest BCUT2D eigenvalue weighted by Gasteiger charge is 2.15. The van der Waals surface area contributed by atoms with Crippen LogP contribution in [0.2, 0.25) is 5.02 Å². The second-order valence-corrected chi connectivity index (χ2v) is 5.49. The minimum atomic E-state index is -0.727. The van der Waals surface area contributed by atoms with Gasteiger partial charge in [-0.25, -0.2) is 4.39 Å². The van der Waals surface area contributed by atoms with Crippen molar-refractivity contribution >= 4 is 17.5 Å². The van der Waals surface area contributed by atoms with E-state index in [-0.39, 0.29) is 18.2 Å². The zero-order valence-electron chi connectivity index (χ0n) is 12.6. The summed E-state index contributed by atoms with van der Waals surface area (Å²) in [6.45, 7) is 1.36. The lowest BCUT2D eigenvalue weighted by atomic mass is 10.1. The molecule has 2 N–H and O–H groups in total. The van der Waals surface area contributed by atoms with E-state index in [4.69, 9.17) is 16.3 Å². The number of rotatable bonds is 6. The minimum absolute atomic E-state index is 0.0143. The molecule has 0 heterocycles. The highest BCUT2D eigenvalue weighted by molar-refractivity contribution is 6.30. The molecule has 0 radical (unpaired) electrons. The number of hydrogen-bond donors (Lipinski definition) is 2. The topological polar surface area (TPSA) is 58.6 Å². The summed E-state index contributed by atoms with van der Waals surface area (Å²) in [6, 6.07) is 10.7. The van der Waals surface area contributed by atoms with E-state index in [0.717, 1.165) is 5.56 Å². The molecule has 0 saturated carbocycles. The number of aliphatic hydroxyl groups is 1. The summed E-state index contributed by atoms with van der Waals surface area (Å²) in [7, 11) is 0. The molecule has 2 rings (SSSR count). The zero-order chi connectivity index (χ0) is 16.8. The molecule has 2 aromatic carbocycles. The van der Waals surface area contributed by atoms with Gasteiger partial charge >= 0.3 is 0 Å². The average molecular weight is 338 g/mol. The molecule has 4 nitrogen and oxygen atoms in total. The third kappa shape index (κ3) is 4.94. The van der Waals surface area contributed by atoms with Crippen LogP contribution in [0.5, 0.6) is 5.75 Å². The SMILES string of the molecule is Cc1cccc(OCC(=O)NC(CO)c2ccc(Cl)c(F)c2)c1. The molecule has 0 aliphatic heterocycles. The molecule has 1 amide bonds. The Morgan fingerprint density at radius 2 is 2.13 bits per heavy atom. The van der Waals surface area contributed by atoms with E-state index < -0.39 is 17.8 Å². The van der Waals surface area contributed by atoms with Crippen LogP contribution in [-0.4, -0.2) is 24.2 Å². The number of nitrogens with one attached hydrogen (secondary N) is 1. The van der Waals surface area contributed by atoms with Crippen molar-refractivity contribution in [3.05, 3.63) is 64.4 Å². The van der Waals surface area contributed by atoms with Gasteiger partial charge in [0.15, 0.2) is 6.61 Å². The summed E-state index contributed by atoms with van der Waals surface area (Å²) in [4.78, 5) is 11.9. The Kier molecular flexibility index (Phi) is 5.96. The van der Waals surface area contributed by atoms with Gasteiger partial charge in [-0.05, 0) is 42.3 Å². The van der Waals surface area contributed by atoms with Crippen molar-refractivity contribution in [3.63, 3.8) is 0 Å². The van der Waals surface area contributed by atoms with Crippen molar-refractivity contribution in [1.82, 2.24) is 5.32 Å². The Bertz CT molecular complexity index is 693. The van der Waals surface area contributed by atoms with Crippen LogP contribution in [0.15, 0.2) is 42.5 Å². The van der Waals surface area contributed by atoms with Crippen LogP contribution >= 0.6 is 11.6 Å². The number of carbonyl (C=O) groups excluding carboxylic acids is 1. The molecule has 2 aromatic rings. The van der Waals surface area contributed by atoms with E-state index in [0.29, 0.717) is 11.3 Å². The van der Waals surface area contributed by atoms with Crippen molar-refractivity contribution in [2.75, 3.05) is 13.2 Å². The monoisotopic (exact) mass is 337 g/mol. The summed E-state index contributed by atoms with van der Waals surface area (Å²) in [5, 5.41) is 12.0. The fourth-order valence-corrected chi connectivity index (χ4v) is 2.17. The van der Waals surface area contributed by atoms with Gasteiger partial charge in [-0.1, -0.05) is 29.8 Å². The Balaban J connectivity index is 1.95. The van der Waals surface area contributed by atoms with Crippen LogP contribution in [0.1, 0.15) is 17.2 Å². The van der Waals surface area contributed by atoms with E-state index in [9.17, 15) is 14.3 Å². The highest BCUT2D eigenvalue weighted by atomic mass is 35.5. The standard InChI is InChI=1S/C17H17ClFNO3/c1-11-3-2-4-13(7-11)23-10-17(22)20-16(9-21)12-5-6-14(18)15(19)8-12/h2-8,16,21H,9-10H2,1H3,(H,20,22). The van der Waals surface area contributed by atoms with Gasteiger partial charge in [-0.2, -0.15) is 0 Å². The molecule has 0 aliphatic rings. The molecular formula is C17H17ClFNO3. The largest absolute Gasteiger partial charge is 0.484 e. The summed E-state index contributed by atoms with van der Waals surface area (Å²) in [5.41, 5.74) is 1.45. The van der Waals surface area contributed by atoms with Gasteiger partial charge in [0, 0.05) is 0 Å². The maximum absolute atomic E-state index is 13.5. The van der Waals surface area contributed by atoms with Crippen molar-refractivity contribution in [2.24, 2.45) is 0 Å². The van der Waals surface area contributed by atoms with E-state index in [1.807, 2.05) is 25.1 Å². The minimum Gasteiger partial charge on any atom is -0.484 e. The molecule has 0 bridgehead atoms. The van der Waals surface area contributed by atoms with Crippen molar-refractivity contribution in [2.45, 2.75) is 13.0 Å². The summed E-state index contributed by atoms with van der Waals surface area (Å²) < 4.78 is 18.9. The number of carbonyl (C=O) groups is 1. The number of amides is 1. The lowest BCUT2D eigenvalue weighted by Gasteiger charge is -2.17. The first kappa shape index (κ1) is 17.2. The molecule has 0 aromatic heterocycles. The number of aryl methyl sites for hydroxylation is 1.